The van der Waals surface area contributed by atoms with Gasteiger partial charge in [0.05, 0.1) is 13.2 Å². The van der Waals surface area contributed by atoms with Crippen molar-refractivity contribution < 1.29 is 24.2 Å². The molecule has 5 nitrogen and oxygen atoms in total. The van der Waals surface area contributed by atoms with Crippen molar-refractivity contribution >= 4 is 11.9 Å². The molecule has 0 bridgehead atoms. The topological polar surface area (TPSA) is 72.8 Å². The Labute approximate surface area is 94.4 Å². The van der Waals surface area contributed by atoms with Crippen LogP contribution in [-0.4, -0.2) is 36.9 Å². The maximum atomic E-state index is 11.2. The summed E-state index contributed by atoms with van der Waals surface area (Å²) in [6.07, 6.45) is 3.11. The summed E-state index contributed by atoms with van der Waals surface area (Å²) in [5, 5.41) is 8.44. The molecule has 0 heterocycles. The first-order valence-corrected chi connectivity index (χ1v) is 4.85. The summed E-state index contributed by atoms with van der Waals surface area (Å²) in [7, 11) is 0. The first-order chi connectivity index (χ1) is 7.61. The van der Waals surface area contributed by atoms with Crippen LogP contribution >= 0.6 is 0 Å². The van der Waals surface area contributed by atoms with E-state index < -0.39 is 11.9 Å². The lowest BCUT2D eigenvalue weighted by atomic mass is 10.2. The van der Waals surface area contributed by atoms with E-state index in [0.717, 1.165) is 6.08 Å². The van der Waals surface area contributed by atoms with Crippen LogP contribution in [0, 0.1) is 0 Å². The van der Waals surface area contributed by atoms with E-state index in [1.807, 2.05) is 0 Å². The molecule has 0 unspecified atom stereocenters. The number of esters is 2. The Morgan fingerprint density at radius 3 is 2.56 bits per heavy atom. The summed E-state index contributed by atoms with van der Waals surface area (Å²) >= 11 is 0. The summed E-state index contributed by atoms with van der Waals surface area (Å²) in [5.74, 6) is -0.974. The number of aliphatic hydroxyl groups excluding tert-OH is 1. The van der Waals surface area contributed by atoms with E-state index >= 15 is 0 Å². The molecule has 90 valence electrons. The van der Waals surface area contributed by atoms with E-state index in [1.54, 1.807) is 13.0 Å². The van der Waals surface area contributed by atoms with Crippen molar-refractivity contribution in [3.8, 4) is 0 Å². The van der Waals surface area contributed by atoms with E-state index in [2.05, 4.69) is 11.3 Å². The van der Waals surface area contributed by atoms with Crippen LogP contribution in [0.5, 0.6) is 0 Å². The number of aliphatic hydroxyl groups is 1. The smallest absolute Gasteiger partial charge is 0.333 e. The van der Waals surface area contributed by atoms with Crippen molar-refractivity contribution in [2.24, 2.45) is 0 Å². The van der Waals surface area contributed by atoms with Crippen LogP contribution in [-0.2, 0) is 19.1 Å². The molecule has 0 aromatic heterocycles. The molecule has 16 heavy (non-hydrogen) atoms. The molecule has 0 aliphatic rings. The van der Waals surface area contributed by atoms with Gasteiger partial charge in [0.2, 0.25) is 0 Å². The second-order valence-corrected chi connectivity index (χ2v) is 2.91. The highest BCUT2D eigenvalue weighted by atomic mass is 16.5. The molecule has 0 saturated heterocycles. The summed E-state index contributed by atoms with van der Waals surface area (Å²) in [5.41, 5.74) is 0.420. The molecule has 0 rings (SSSR count). The molecular weight excluding hydrogens is 212 g/mol. The third-order valence-electron chi connectivity index (χ3n) is 1.63. The zero-order valence-electron chi connectivity index (χ0n) is 9.27. The van der Waals surface area contributed by atoms with E-state index in [-0.39, 0.29) is 19.8 Å². The lowest BCUT2D eigenvalue weighted by Crippen LogP contribution is -2.09. The van der Waals surface area contributed by atoms with Crippen LogP contribution in [0.4, 0.5) is 0 Å². The van der Waals surface area contributed by atoms with Crippen molar-refractivity contribution in [3.05, 3.63) is 24.3 Å². The van der Waals surface area contributed by atoms with Crippen LogP contribution in [0.15, 0.2) is 24.3 Å². The third kappa shape index (κ3) is 6.78. The second-order valence-electron chi connectivity index (χ2n) is 2.91. The van der Waals surface area contributed by atoms with Crippen molar-refractivity contribution in [3.63, 3.8) is 0 Å². The number of rotatable bonds is 7. The number of ether oxygens (including phenoxy) is 2. The fraction of sp³-hybridized carbons (Fsp3) is 0.455. The van der Waals surface area contributed by atoms with Gasteiger partial charge in [-0.05, 0) is 6.92 Å². The Kier molecular flexibility index (Phi) is 7.79. The number of hydrogen-bond acceptors (Lipinski definition) is 5. The maximum absolute atomic E-state index is 11.2. The lowest BCUT2D eigenvalue weighted by Gasteiger charge is -2.03. The van der Waals surface area contributed by atoms with Crippen LogP contribution in [0.25, 0.3) is 0 Å². The molecule has 0 saturated carbocycles. The second kappa shape index (κ2) is 8.67. The van der Waals surface area contributed by atoms with Gasteiger partial charge in [0, 0.05) is 18.1 Å². The Morgan fingerprint density at radius 2 is 2.00 bits per heavy atom. The van der Waals surface area contributed by atoms with Gasteiger partial charge in [0.25, 0.3) is 0 Å². The monoisotopic (exact) mass is 228 g/mol. The standard InChI is InChI=1S/C11H16O5/c1-3-10(13)15-7-4-5-9(2)11(14)16-8-6-12/h3,5,12H,1,4,6-8H2,2H3/b9-5+. The highest BCUT2D eigenvalue weighted by molar-refractivity contribution is 5.87. The number of carbonyl (C=O) groups is 2. The molecule has 0 fully saturated rings. The van der Waals surface area contributed by atoms with Gasteiger partial charge in [0.1, 0.15) is 6.61 Å². The SMILES string of the molecule is C=CC(=O)OCC/C=C(\C)C(=O)OCCO. The highest BCUT2D eigenvalue weighted by Crippen LogP contribution is 1.99. The maximum Gasteiger partial charge on any atom is 0.333 e. The molecular formula is C11H16O5. The molecule has 0 aromatic carbocycles. The summed E-state index contributed by atoms with van der Waals surface area (Å²) in [6.45, 7) is 4.81. The number of carbonyl (C=O) groups excluding carboxylic acids is 2. The normalized spacial score (nSPS) is 10.8. The lowest BCUT2D eigenvalue weighted by molar-refractivity contribution is -0.140. The van der Waals surface area contributed by atoms with Crippen molar-refractivity contribution in [2.75, 3.05) is 19.8 Å². The Bertz CT molecular complexity index is 280. The minimum absolute atomic E-state index is 0.0184. The fourth-order valence-corrected chi connectivity index (χ4v) is 0.829. The van der Waals surface area contributed by atoms with Crippen LogP contribution < -0.4 is 0 Å². The molecule has 0 radical (unpaired) electrons. The largest absolute Gasteiger partial charge is 0.462 e. The summed E-state index contributed by atoms with van der Waals surface area (Å²) < 4.78 is 9.38. The van der Waals surface area contributed by atoms with Crippen LogP contribution in [0.1, 0.15) is 13.3 Å². The van der Waals surface area contributed by atoms with E-state index in [1.165, 1.54) is 0 Å². The molecule has 0 amide bonds. The molecule has 0 aromatic rings. The minimum Gasteiger partial charge on any atom is -0.462 e. The molecule has 0 aliphatic carbocycles. The molecule has 0 atom stereocenters. The van der Waals surface area contributed by atoms with Crippen molar-refractivity contribution in [1.29, 1.82) is 0 Å². The quantitative estimate of drug-likeness (QED) is 0.392. The first-order valence-electron chi connectivity index (χ1n) is 4.85. The van der Waals surface area contributed by atoms with E-state index in [0.29, 0.717) is 12.0 Å². The van der Waals surface area contributed by atoms with Gasteiger partial charge in [-0.3, -0.25) is 0 Å². The minimum atomic E-state index is -0.492. The predicted octanol–water partition coefficient (Wildman–Crippen LogP) is 0.587. The highest BCUT2D eigenvalue weighted by Gasteiger charge is 2.04. The predicted molar refractivity (Wildman–Crippen MR) is 57.6 cm³/mol. The fourth-order valence-electron chi connectivity index (χ4n) is 0.829. The third-order valence-corrected chi connectivity index (χ3v) is 1.63. The van der Waals surface area contributed by atoms with Gasteiger partial charge >= 0.3 is 11.9 Å². The van der Waals surface area contributed by atoms with Gasteiger partial charge in [-0.25, -0.2) is 9.59 Å². The molecule has 0 aliphatic heterocycles. The molecule has 1 N–H and O–H groups in total. The zero-order chi connectivity index (χ0) is 12.4. The van der Waals surface area contributed by atoms with Gasteiger partial charge in [-0.2, -0.15) is 0 Å². The van der Waals surface area contributed by atoms with E-state index in [4.69, 9.17) is 9.84 Å². The van der Waals surface area contributed by atoms with E-state index in [9.17, 15) is 9.59 Å². The van der Waals surface area contributed by atoms with Gasteiger partial charge in [0.15, 0.2) is 0 Å². The first kappa shape index (κ1) is 14.4. The van der Waals surface area contributed by atoms with Crippen molar-refractivity contribution in [1.82, 2.24) is 0 Å². The molecule has 5 heteroatoms. The summed E-state index contributed by atoms with van der Waals surface area (Å²) in [4.78, 5) is 21.8. The summed E-state index contributed by atoms with van der Waals surface area (Å²) in [6, 6.07) is 0. The average molecular weight is 228 g/mol. The number of hydrogen-bond donors (Lipinski definition) is 1. The van der Waals surface area contributed by atoms with Crippen LogP contribution in [0.2, 0.25) is 0 Å². The Hall–Kier alpha value is -1.62. The van der Waals surface area contributed by atoms with Gasteiger partial charge in [-0.15, -0.1) is 0 Å². The van der Waals surface area contributed by atoms with Crippen LogP contribution in [0.3, 0.4) is 0 Å². The van der Waals surface area contributed by atoms with Crippen molar-refractivity contribution in [2.45, 2.75) is 13.3 Å². The Balaban J connectivity index is 3.81. The van der Waals surface area contributed by atoms with Gasteiger partial charge < -0.3 is 14.6 Å². The zero-order valence-corrected chi connectivity index (χ0v) is 9.27. The van der Waals surface area contributed by atoms with Gasteiger partial charge in [-0.1, -0.05) is 12.7 Å². The Morgan fingerprint density at radius 1 is 1.31 bits per heavy atom. The molecule has 0 spiro atoms. The average Bonchev–Trinajstić information content (AvgIpc) is 2.30.